The van der Waals surface area contributed by atoms with Crippen molar-refractivity contribution in [2.24, 2.45) is 5.73 Å². The van der Waals surface area contributed by atoms with Crippen molar-refractivity contribution in [3.63, 3.8) is 0 Å². The molecule has 1 rings (SSSR count). The van der Waals surface area contributed by atoms with E-state index in [0.717, 1.165) is 4.47 Å². The predicted octanol–water partition coefficient (Wildman–Crippen LogP) is 2.08. The molecule has 3 N–H and O–H groups in total. The molecular formula is C15H21BrN2O3. The molecule has 6 heteroatoms. The topological polar surface area (TPSA) is 81.4 Å². The van der Waals surface area contributed by atoms with Gasteiger partial charge in [0.1, 0.15) is 5.54 Å². The molecule has 0 aliphatic heterocycles. The maximum absolute atomic E-state index is 12.2. The molecule has 1 unspecified atom stereocenters. The SMILES string of the molecule is CC(C)OC(=O)CCNC(=O)C(C)(N)c1ccc(Br)cc1. The predicted molar refractivity (Wildman–Crippen MR) is 84.5 cm³/mol. The standard InChI is InChI=1S/C15H21BrN2O3/c1-10(2)21-13(19)8-9-18-14(20)15(3,17)11-4-6-12(16)7-5-11/h4-7,10H,8-9,17H2,1-3H3,(H,18,20). The largest absolute Gasteiger partial charge is 0.463 e. The molecule has 1 aromatic carbocycles. The molecule has 0 saturated heterocycles. The Hall–Kier alpha value is -1.40. The molecule has 5 nitrogen and oxygen atoms in total. The Morgan fingerprint density at radius 3 is 2.43 bits per heavy atom. The zero-order valence-electron chi connectivity index (χ0n) is 12.5. The zero-order valence-corrected chi connectivity index (χ0v) is 14.1. The summed E-state index contributed by atoms with van der Waals surface area (Å²) < 4.78 is 5.90. The van der Waals surface area contributed by atoms with Crippen LogP contribution in [0, 0.1) is 0 Å². The average molecular weight is 357 g/mol. The Bertz CT molecular complexity index is 498. The van der Waals surface area contributed by atoms with Gasteiger partial charge in [-0.05, 0) is 38.5 Å². The fourth-order valence-corrected chi connectivity index (χ4v) is 1.98. The molecule has 0 spiro atoms. The summed E-state index contributed by atoms with van der Waals surface area (Å²) in [7, 11) is 0. The molecule has 0 fully saturated rings. The normalized spacial score (nSPS) is 13.6. The van der Waals surface area contributed by atoms with E-state index in [0.29, 0.717) is 5.56 Å². The molecule has 0 radical (unpaired) electrons. The van der Waals surface area contributed by atoms with Crippen LogP contribution in [0.2, 0.25) is 0 Å². The zero-order chi connectivity index (χ0) is 16.0. The maximum Gasteiger partial charge on any atom is 0.307 e. The lowest BCUT2D eigenvalue weighted by molar-refractivity contribution is -0.147. The quantitative estimate of drug-likeness (QED) is 0.764. The summed E-state index contributed by atoms with van der Waals surface area (Å²) in [6.07, 6.45) is -0.0314. The van der Waals surface area contributed by atoms with Crippen LogP contribution in [-0.4, -0.2) is 24.5 Å². The van der Waals surface area contributed by atoms with Gasteiger partial charge in [-0.25, -0.2) is 0 Å². The first-order valence-electron chi connectivity index (χ1n) is 6.76. The summed E-state index contributed by atoms with van der Waals surface area (Å²) >= 11 is 3.33. The van der Waals surface area contributed by atoms with E-state index in [1.165, 1.54) is 0 Å². The third kappa shape index (κ3) is 5.47. The van der Waals surface area contributed by atoms with E-state index in [-0.39, 0.29) is 30.9 Å². The second kappa shape index (κ2) is 7.56. The third-order valence-corrected chi connectivity index (χ3v) is 3.43. The van der Waals surface area contributed by atoms with Gasteiger partial charge in [0.05, 0.1) is 12.5 Å². The highest BCUT2D eigenvalue weighted by Gasteiger charge is 2.30. The van der Waals surface area contributed by atoms with Crippen molar-refractivity contribution in [3.8, 4) is 0 Å². The molecule has 0 aromatic heterocycles. The molecule has 1 aromatic rings. The summed E-state index contributed by atoms with van der Waals surface area (Å²) in [6.45, 7) is 5.40. The second-order valence-corrected chi connectivity index (χ2v) is 6.17. The van der Waals surface area contributed by atoms with Crippen molar-refractivity contribution in [1.29, 1.82) is 0 Å². The molecule has 0 aliphatic rings. The number of nitrogens with one attached hydrogen (secondary N) is 1. The number of carbonyl (C=O) groups excluding carboxylic acids is 2. The van der Waals surface area contributed by atoms with E-state index in [2.05, 4.69) is 21.2 Å². The Labute approximate surface area is 133 Å². The average Bonchev–Trinajstić information content (AvgIpc) is 2.38. The van der Waals surface area contributed by atoms with Crippen LogP contribution in [-0.2, 0) is 19.9 Å². The van der Waals surface area contributed by atoms with Crippen LogP contribution >= 0.6 is 15.9 Å². The van der Waals surface area contributed by atoms with Gasteiger partial charge < -0.3 is 15.8 Å². The lowest BCUT2D eigenvalue weighted by atomic mass is 9.92. The van der Waals surface area contributed by atoms with Crippen molar-refractivity contribution >= 4 is 27.8 Å². The van der Waals surface area contributed by atoms with Gasteiger partial charge >= 0.3 is 5.97 Å². The van der Waals surface area contributed by atoms with Gasteiger partial charge in [0.2, 0.25) is 5.91 Å². The van der Waals surface area contributed by atoms with Crippen molar-refractivity contribution < 1.29 is 14.3 Å². The van der Waals surface area contributed by atoms with E-state index in [4.69, 9.17) is 10.5 Å². The summed E-state index contributed by atoms with van der Waals surface area (Å²) in [5.41, 5.74) is 5.64. The molecule has 1 amide bonds. The third-order valence-electron chi connectivity index (χ3n) is 2.90. The minimum absolute atomic E-state index is 0.125. The van der Waals surface area contributed by atoms with E-state index >= 15 is 0 Å². The fraction of sp³-hybridized carbons (Fsp3) is 0.467. The van der Waals surface area contributed by atoms with Crippen LogP contribution in [0.1, 0.15) is 32.8 Å². The Morgan fingerprint density at radius 1 is 1.33 bits per heavy atom. The Morgan fingerprint density at radius 2 is 1.90 bits per heavy atom. The number of esters is 1. The van der Waals surface area contributed by atoms with Crippen LogP contribution in [0.4, 0.5) is 0 Å². The van der Waals surface area contributed by atoms with Crippen molar-refractivity contribution in [1.82, 2.24) is 5.32 Å². The highest BCUT2D eigenvalue weighted by molar-refractivity contribution is 9.10. The molecular weight excluding hydrogens is 336 g/mol. The van der Waals surface area contributed by atoms with Crippen molar-refractivity contribution in [3.05, 3.63) is 34.3 Å². The van der Waals surface area contributed by atoms with E-state index in [1.54, 1.807) is 32.9 Å². The Balaban J connectivity index is 2.54. The molecule has 21 heavy (non-hydrogen) atoms. The molecule has 116 valence electrons. The van der Waals surface area contributed by atoms with E-state index in [1.807, 2.05) is 12.1 Å². The lowest BCUT2D eigenvalue weighted by Gasteiger charge is -2.24. The fourth-order valence-electron chi connectivity index (χ4n) is 1.71. The molecule has 0 saturated carbocycles. The van der Waals surface area contributed by atoms with Crippen molar-refractivity contribution in [2.75, 3.05) is 6.54 Å². The molecule has 0 bridgehead atoms. The Kier molecular flexibility index (Phi) is 6.36. The van der Waals surface area contributed by atoms with Gasteiger partial charge in [0, 0.05) is 11.0 Å². The number of hydrogen-bond donors (Lipinski definition) is 2. The molecule has 0 heterocycles. The molecule has 1 atom stereocenters. The first-order valence-corrected chi connectivity index (χ1v) is 7.55. The van der Waals surface area contributed by atoms with Crippen molar-refractivity contribution in [2.45, 2.75) is 38.8 Å². The van der Waals surface area contributed by atoms with Gasteiger partial charge in [-0.2, -0.15) is 0 Å². The van der Waals surface area contributed by atoms with Gasteiger partial charge in [-0.15, -0.1) is 0 Å². The minimum Gasteiger partial charge on any atom is -0.463 e. The first-order chi connectivity index (χ1) is 9.73. The van der Waals surface area contributed by atoms with E-state index in [9.17, 15) is 9.59 Å². The van der Waals surface area contributed by atoms with Crippen LogP contribution < -0.4 is 11.1 Å². The number of ether oxygens (including phenoxy) is 1. The summed E-state index contributed by atoms with van der Waals surface area (Å²) in [5, 5.41) is 2.66. The lowest BCUT2D eigenvalue weighted by Crippen LogP contribution is -2.49. The number of carbonyl (C=O) groups is 2. The van der Waals surface area contributed by atoms with Crippen LogP contribution in [0.3, 0.4) is 0 Å². The number of halogens is 1. The number of amides is 1. The molecule has 0 aliphatic carbocycles. The van der Waals surface area contributed by atoms with Crippen LogP contribution in [0.5, 0.6) is 0 Å². The summed E-state index contributed by atoms with van der Waals surface area (Å²) in [4.78, 5) is 23.5. The first kappa shape index (κ1) is 17.7. The number of hydrogen-bond acceptors (Lipinski definition) is 4. The summed E-state index contributed by atoms with van der Waals surface area (Å²) in [6, 6.07) is 7.23. The monoisotopic (exact) mass is 356 g/mol. The minimum atomic E-state index is -1.15. The van der Waals surface area contributed by atoms with Crippen LogP contribution in [0.25, 0.3) is 0 Å². The van der Waals surface area contributed by atoms with Gasteiger partial charge in [0.15, 0.2) is 0 Å². The van der Waals surface area contributed by atoms with Gasteiger partial charge in [-0.1, -0.05) is 28.1 Å². The smallest absolute Gasteiger partial charge is 0.307 e. The number of nitrogens with two attached hydrogens (primary N) is 1. The highest BCUT2D eigenvalue weighted by atomic mass is 79.9. The number of rotatable bonds is 6. The van der Waals surface area contributed by atoms with Gasteiger partial charge in [-0.3, -0.25) is 9.59 Å². The van der Waals surface area contributed by atoms with Gasteiger partial charge in [0.25, 0.3) is 0 Å². The second-order valence-electron chi connectivity index (χ2n) is 5.25. The highest BCUT2D eigenvalue weighted by Crippen LogP contribution is 2.20. The number of benzene rings is 1. The maximum atomic E-state index is 12.2. The van der Waals surface area contributed by atoms with E-state index < -0.39 is 5.54 Å². The van der Waals surface area contributed by atoms with Crippen LogP contribution in [0.15, 0.2) is 28.7 Å². The summed E-state index contributed by atoms with van der Waals surface area (Å²) in [5.74, 6) is -0.671.